The van der Waals surface area contributed by atoms with Crippen molar-refractivity contribution in [3.8, 4) is 5.75 Å². The number of unbranched alkanes of at least 4 members (excludes halogenated alkanes) is 4. The van der Waals surface area contributed by atoms with E-state index in [1.54, 1.807) is 12.0 Å². The molecule has 0 amide bonds. The molecular formula is C25H40N2O4. The maximum atomic E-state index is 9.80. The van der Waals surface area contributed by atoms with Crippen molar-refractivity contribution in [1.29, 1.82) is 0 Å². The summed E-state index contributed by atoms with van der Waals surface area (Å²) in [6.07, 6.45) is 15.4. The fraction of sp³-hybridized carbons (Fsp3) is 0.600. The van der Waals surface area contributed by atoms with Crippen LogP contribution in [0.15, 0.2) is 48.7 Å². The minimum atomic E-state index is -0.551. The maximum absolute atomic E-state index is 9.80. The van der Waals surface area contributed by atoms with Gasteiger partial charge in [-0.1, -0.05) is 37.1 Å². The van der Waals surface area contributed by atoms with E-state index in [1.807, 2.05) is 36.6 Å². The minimum Gasteiger partial charge on any atom is -0.497 e. The van der Waals surface area contributed by atoms with Gasteiger partial charge in [0.25, 0.3) is 0 Å². The summed E-state index contributed by atoms with van der Waals surface area (Å²) in [5.74, 6) is 0.907. The van der Waals surface area contributed by atoms with E-state index in [0.29, 0.717) is 6.54 Å². The molecule has 6 heteroatoms. The third-order valence-electron chi connectivity index (χ3n) is 5.77. The predicted octanol–water partition coefficient (Wildman–Crippen LogP) is 3.25. The molecule has 3 N–H and O–H groups in total. The van der Waals surface area contributed by atoms with Crippen molar-refractivity contribution >= 4 is 0 Å². The van der Waals surface area contributed by atoms with Crippen LogP contribution in [0.5, 0.6) is 5.75 Å². The Labute approximate surface area is 187 Å². The van der Waals surface area contributed by atoms with Crippen LogP contribution in [0.2, 0.25) is 0 Å². The van der Waals surface area contributed by atoms with Crippen LogP contribution in [0.4, 0.5) is 0 Å². The molecule has 1 aromatic rings. The summed E-state index contributed by atoms with van der Waals surface area (Å²) < 4.78 is 10.9. The van der Waals surface area contributed by atoms with E-state index in [0.717, 1.165) is 57.6 Å². The molecule has 6 nitrogen and oxygen atoms in total. The Morgan fingerprint density at radius 2 is 1.68 bits per heavy atom. The molecule has 1 heterocycles. The molecule has 0 bridgehead atoms. The van der Waals surface area contributed by atoms with Gasteiger partial charge in [0.1, 0.15) is 12.5 Å². The predicted molar refractivity (Wildman–Crippen MR) is 125 cm³/mol. The number of hydrogen-bond donors (Lipinski definition) is 3. The monoisotopic (exact) mass is 432 g/mol. The van der Waals surface area contributed by atoms with Crippen LogP contribution in [-0.2, 0) is 11.2 Å². The zero-order chi connectivity index (χ0) is 22.2. The molecular weight excluding hydrogens is 392 g/mol. The largest absolute Gasteiger partial charge is 0.497 e. The number of ether oxygens (including phenoxy) is 2. The lowest BCUT2D eigenvalue weighted by atomic mass is 9.96. The smallest absolute Gasteiger partial charge is 0.118 e. The zero-order valence-corrected chi connectivity index (χ0v) is 19.0. The number of benzene rings is 1. The van der Waals surface area contributed by atoms with E-state index in [9.17, 15) is 10.2 Å². The Morgan fingerprint density at radius 1 is 0.935 bits per heavy atom. The van der Waals surface area contributed by atoms with Crippen LogP contribution in [0.3, 0.4) is 0 Å². The highest BCUT2D eigenvalue weighted by molar-refractivity contribution is 5.27. The lowest BCUT2D eigenvalue weighted by Crippen LogP contribution is -2.55. The number of hydrogen-bond acceptors (Lipinski definition) is 6. The maximum Gasteiger partial charge on any atom is 0.118 e. The van der Waals surface area contributed by atoms with Crippen LogP contribution >= 0.6 is 0 Å². The second-order valence-corrected chi connectivity index (χ2v) is 8.08. The number of aliphatic hydroxyl groups excluding tert-OH is 2. The van der Waals surface area contributed by atoms with E-state index >= 15 is 0 Å². The molecule has 0 saturated heterocycles. The molecule has 0 aliphatic carbocycles. The third-order valence-corrected chi connectivity index (χ3v) is 5.77. The molecule has 1 unspecified atom stereocenters. The third kappa shape index (κ3) is 9.03. The summed E-state index contributed by atoms with van der Waals surface area (Å²) in [5.41, 5.74) is 0.796. The number of methoxy groups -OCH3 is 1. The molecule has 0 saturated carbocycles. The summed E-state index contributed by atoms with van der Waals surface area (Å²) in [7, 11) is 1.69. The first kappa shape index (κ1) is 25.4. The Balaban J connectivity index is 1.40. The van der Waals surface area contributed by atoms with Gasteiger partial charge < -0.3 is 29.9 Å². The molecule has 0 spiro atoms. The van der Waals surface area contributed by atoms with Crippen molar-refractivity contribution in [2.45, 2.75) is 50.5 Å². The second kappa shape index (κ2) is 15.0. The topological polar surface area (TPSA) is 74.2 Å². The van der Waals surface area contributed by atoms with E-state index in [2.05, 4.69) is 17.4 Å². The first-order chi connectivity index (χ1) is 15.2. The van der Waals surface area contributed by atoms with Gasteiger partial charge >= 0.3 is 0 Å². The fourth-order valence-electron chi connectivity index (χ4n) is 3.72. The van der Waals surface area contributed by atoms with Gasteiger partial charge in [0.05, 0.1) is 19.3 Å². The highest BCUT2D eigenvalue weighted by Gasteiger charge is 2.32. The number of aryl methyl sites for hydroxylation is 1. The Kier molecular flexibility index (Phi) is 12.3. The van der Waals surface area contributed by atoms with E-state index in [-0.39, 0.29) is 13.3 Å². The Morgan fingerprint density at radius 3 is 2.39 bits per heavy atom. The van der Waals surface area contributed by atoms with Crippen LogP contribution in [-0.4, -0.2) is 67.4 Å². The summed E-state index contributed by atoms with van der Waals surface area (Å²) >= 11 is 0. The quantitative estimate of drug-likeness (QED) is 0.328. The highest BCUT2D eigenvalue weighted by atomic mass is 16.5. The molecule has 0 fully saturated rings. The van der Waals surface area contributed by atoms with Crippen LogP contribution in [0.25, 0.3) is 0 Å². The average Bonchev–Trinajstić information content (AvgIpc) is 2.82. The van der Waals surface area contributed by atoms with Crippen molar-refractivity contribution < 1.29 is 19.7 Å². The number of nitrogens with one attached hydrogen (secondary N) is 1. The van der Waals surface area contributed by atoms with Gasteiger partial charge in [-0.15, -0.1) is 0 Å². The lowest BCUT2D eigenvalue weighted by Gasteiger charge is -2.40. The number of allylic oxidation sites excluding steroid dienone is 2. The summed E-state index contributed by atoms with van der Waals surface area (Å²) in [6.45, 7) is 3.06. The molecule has 31 heavy (non-hydrogen) atoms. The molecule has 1 aromatic carbocycles. The molecule has 0 aromatic heterocycles. The summed E-state index contributed by atoms with van der Waals surface area (Å²) in [4.78, 5) is 1.76. The zero-order valence-electron chi connectivity index (χ0n) is 19.0. The Bertz CT molecular complexity index is 647. The van der Waals surface area contributed by atoms with Crippen molar-refractivity contribution in [3.05, 3.63) is 54.3 Å². The van der Waals surface area contributed by atoms with Crippen molar-refractivity contribution in [2.24, 2.45) is 0 Å². The average molecular weight is 433 g/mol. The van der Waals surface area contributed by atoms with Gasteiger partial charge in [0.2, 0.25) is 0 Å². The number of nitrogens with zero attached hydrogens (tertiary/aromatic N) is 1. The fourth-order valence-corrected chi connectivity index (χ4v) is 3.72. The van der Waals surface area contributed by atoms with Crippen LogP contribution in [0.1, 0.15) is 44.1 Å². The lowest BCUT2D eigenvalue weighted by molar-refractivity contribution is 0.0352. The second-order valence-electron chi connectivity index (χ2n) is 8.08. The van der Waals surface area contributed by atoms with Crippen molar-refractivity contribution in [3.63, 3.8) is 0 Å². The number of aliphatic hydroxyl groups is 2. The first-order valence-electron chi connectivity index (χ1n) is 11.5. The Hall–Kier alpha value is -1.86. The van der Waals surface area contributed by atoms with Gasteiger partial charge in [-0.05, 0) is 62.4 Å². The minimum absolute atomic E-state index is 0.0289. The van der Waals surface area contributed by atoms with Crippen LogP contribution in [0, 0.1) is 0 Å². The summed E-state index contributed by atoms with van der Waals surface area (Å²) in [5, 5.41) is 22.7. The van der Waals surface area contributed by atoms with Gasteiger partial charge in [-0.2, -0.15) is 0 Å². The van der Waals surface area contributed by atoms with Gasteiger partial charge in [-0.25, -0.2) is 0 Å². The van der Waals surface area contributed by atoms with Gasteiger partial charge in [-0.3, -0.25) is 0 Å². The standard InChI is InChI=1S/C25H40N2O4/c1-30-24-13-11-23(12-14-24)10-4-9-19-31-18-8-3-2-6-16-26-20-25(21-28)15-5-7-17-27(25)22-29/h5,7,11-15,17,26,28-29H,2-4,6,8-10,16,18-22H2,1H3. The van der Waals surface area contributed by atoms with E-state index in [4.69, 9.17) is 9.47 Å². The van der Waals surface area contributed by atoms with Gasteiger partial charge in [0.15, 0.2) is 0 Å². The molecule has 1 atom stereocenters. The SMILES string of the molecule is COc1ccc(CCCCOCCCCCCNCC2(CO)C=CC=CN2CO)cc1. The van der Waals surface area contributed by atoms with Gasteiger partial charge in [0, 0.05) is 26.0 Å². The molecule has 174 valence electrons. The van der Waals surface area contributed by atoms with Crippen molar-refractivity contribution in [1.82, 2.24) is 10.2 Å². The first-order valence-corrected chi connectivity index (χ1v) is 11.5. The molecule has 2 rings (SSSR count). The normalized spacial score (nSPS) is 18.0. The highest BCUT2D eigenvalue weighted by Crippen LogP contribution is 2.20. The van der Waals surface area contributed by atoms with Crippen LogP contribution < -0.4 is 10.1 Å². The molecule has 1 aliphatic rings. The van der Waals surface area contributed by atoms with Crippen molar-refractivity contribution in [2.75, 3.05) is 46.8 Å². The van der Waals surface area contributed by atoms with E-state index < -0.39 is 5.54 Å². The molecule has 0 radical (unpaired) electrons. The number of rotatable bonds is 17. The summed E-state index contributed by atoms with van der Waals surface area (Å²) in [6, 6.07) is 8.29. The van der Waals surface area contributed by atoms with E-state index in [1.165, 1.54) is 18.4 Å². The molecule has 1 aliphatic heterocycles.